The van der Waals surface area contributed by atoms with Crippen molar-refractivity contribution in [2.45, 2.75) is 44.1 Å². The van der Waals surface area contributed by atoms with Gasteiger partial charge >= 0.3 is 0 Å². The molecule has 1 aromatic rings. The molecule has 0 radical (unpaired) electrons. The molecule has 4 rings (SSSR count). The van der Waals surface area contributed by atoms with Gasteiger partial charge in [0.15, 0.2) is 0 Å². The van der Waals surface area contributed by atoms with E-state index in [1.165, 1.54) is 50.9 Å². The number of benzene rings is 1. The minimum Gasteiger partial charge on any atom is -0.374 e. The predicted octanol–water partition coefficient (Wildman–Crippen LogP) is 2.92. The van der Waals surface area contributed by atoms with Crippen LogP contribution in [-0.2, 0) is 6.42 Å². The van der Waals surface area contributed by atoms with E-state index in [0.717, 1.165) is 17.9 Å². The van der Waals surface area contributed by atoms with Gasteiger partial charge in [-0.3, -0.25) is 0 Å². The lowest BCUT2D eigenvalue weighted by molar-refractivity contribution is 0.623. The summed E-state index contributed by atoms with van der Waals surface area (Å²) in [7, 11) is 2.22. The quantitative estimate of drug-likeness (QED) is 0.891. The van der Waals surface area contributed by atoms with E-state index in [0.29, 0.717) is 0 Å². The monoisotopic (exact) mass is 256 g/mol. The van der Waals surface area contributed by atoms with E-state index in [-0.39, 0.29) is 0 Å². The fraction of sp³-hybridized carbons (Fsp3) is 0.647. The van der Waals surface area contributed by atoms with Gasteiger partial charge in [0.25, 0.3) is 0 Å². The van der Waals surface area contributed by atoms with Crippen LogP contribution >= 0.6 is 0 Å². The lowest BCUT2D eigenvalue weighted by Crippen LogP contribution is -2.24. The number of anilines is 1. The Balaban J connectivity index is 1.44. The van der Waals surface area contributed by atoms with Crippen molar-refractivity contribution in [2.24, 2.45) is 5.92 Å². The summed E-state index contributed by atoms with van der Waals surface area (Å²) in [6.45, 7) is 2.45. The smallest absolute Gasteiger partial charge is 0.0396 e. The summed E-state index contributed by atoms with van der Waals surface area (Å²) < 4.78 is 0. The van der Waals surface area contributed by atoms with Crippen LogP contribution < -0.4 is 10.2 Å². The molecule has 2 heteroatoms. The normalized spacial score (nSPS) is 29.2. The third kappa shape index (κ3) is 2.38. The second-order valence-electron chi connectivity index (χ2n) is 6.70. The van der Waals surface area contributed by atoms with Crippen molar-refractivity contribution < 1.29 is 0 Å². The van der Waals surface area contributed by atoms with Gasteiger partial charge in [-0.1, -0.05) is 12.1 Å². The number of hydrogen-bond acceptors (Lipinski definition) is 2. The Morgan fingerprint density at radius 2 is 2.21 bits per heavy atom. The van der Waals surface area contributed by atoms with Crippen LogP contribution in [0, 0.1) is 5.92 Å². The molecule has 2 atom stereocenters. The van der Waals surface area contributed by atoms with Crippen LogP contribution in [0.1, 0.15) is 42.7 Å². The van der Waals surface area contributed by atoms with Crippen LogP contribution in [0.3, 0.4) is 0 Å². The molecule has 1 heterocycles. The number of hydrogen-bond donors (Lipinski definition) is 1. The third-order valence-corrected chi connectivity index (χ3v) is 5.05. The van der Waals surface area contributed by atoms with E-state index < -0.39 is 0 Å². The Morgan fingerprint density at radius 3 is 3.05 bits per heavy atom. The third-order valence-electron chi connectivity index (χ3n) is 5.05. The lowest BCUT2D eigenvalue weighted by atomic mass is 9.97. The largest absolute Gasteiger partial charge is 0.374 e. The second-order valence-corrected chi connectivity index (χ2v) is 6.70. The molecule has 1 aliphatic heterocycles. The molecular formula is C17H24N2. The zero-order chi connectivity index (χ0) is 12.8. The summed E-state index contributed by atoms with van der Waals surface area (Å²) >= 11 is 0. The first-order valence-electron chi connectivity index (χ1n) is 7.88. The van der Waals surface area contributed by atoms with Crippen molar-refractivity contribution in [1.82, 2.24) is 5.32 Å². The maximum absolute atomic E-state index is 3.68. The van der Waals surface area contributed by atoms with Crippen molar-refractivity contribution >= 4 is 5.69 Å². The molecule has 3 aliphatic rings. The molecule has 0 saturated heterocycles. The Bertz CT molecular complexity index is 478. The summed E-state index contributed by atoms with van der Waals surface area (Å²) in [5.41, 5.74) is 4.63. The standard InChI is InChI=1S/C17H24N2/c1-19-8-2-3-13-9-12(4-7-17(13)19)16-10-14(16)11-18-15-5-6-15/h4,7,9,14-16,18H,2-3,5-6,8,10-11H2,1H3. The first-order chi connectivity index (χ1) is 9.31. The molecule has 0 bridgehead atoms. The molecular weight excluding hydrogens is 232 g/mol. The molecule has 0 aromatic heterocycles. The maximum Gasteiger partial charge on any atom is 0.0396 e. The van der Waals surface area contributed by atoms with E-state index in [1.54, 1.807) is 11.1 Å². The zero-order valence-corrected chi connectivity index (χ0v) is 11.9. The number of nitrogens with one attached hydrogen (secondary N) is 1. The van der Waals surface area contributed by atoms with Gasteiger partial charge in [-0.05, 0) is 67.7 Å². The van der Waals surface area contributed by atoms with Crippen molar-refractivity contribution in [2.75, 3.05) is 25.0 Å². The number of aryl methyl sites for hydroxylation is 1. The van der Waals surface area contributed by atoms with Crippen molar-refractivity contribution in [3.8, 4) is 0 Å². The van der Waals surface area contributed by atoms with Crippen LogP contribution in [0.4, 0.5) is 5.69 Å². The molecule has 19 heavy (non-hydrogen) atoms. The fourth-order valence-electron chi connectivity index (χ4n) is 3.52. The number of fused-ring (bicyclic) bond motifs is 1. The zero-order valence-electron chi connectivity index (χ0n) is 11.9. The molecule has 2 nitrogen and oxygen atoms in total. The highest BCUT2D eigenvalue weighted by Crippen LogP contribution is 2.48. The minimum atomic E-state index is 0.837. The Labute approximate surface area is 116 Å². The molecule has 2 aliphatic carbocycles. The van der Waals surface area contributed by atoms with Crippen LogP contribution in [0.25, 0.3) is 0 Å². The highest BCUT2D eigenvalue weighted by molar-refractivity contribution is 5.57. The first kappa shape index (κ1) is 11.8. The first-order valence-corrected chi connectivity index (χ1v) is 7.88. The highest BCUT2D eigenvalue weighted by atomic mass is 15.1. The van der Waals surface area contributed by atoms with E-state index in [9.17, 15) is 0 Å². The van der Waals surface area contributed by atoms with Crippen LogP contribution in [0.2, 0.25) is 0 Å². The molecule has 2 unspecified atom stereocenters. The highest BCUT2D eigenvalue weighted by Gasteiger charge is 2.39. The van der Waals surface area contributed by atoms with Gasteiger partial charge in [-0.25, -0.2) is 0 Å². The van der Waals surface area contributed by atoms with Gasteiger partial charge in [-0.15, -0.1) is 0 Å². The van der Waals surface area contributed by atoms with E-state index in [1.807, 2.05) is 0 Å². The molecule has 2 saturated carbocycles. The average Bonchev–Trinajstić information content (AvgIpc) is 3.30. The second kappa shape index (κ2) is 4.52. The van der Waals surface area contributed by atoms with Gasteiger partial charge in [0.1, 0.15) is 0 Å². The Morgan fingerprint density at radius 1 is 1.32 bits per heavy atom. The predicted molar refractivity (Wildman–Crippen MR) is 79.9 cm³/mol. The summed E-state index contributed by atoms with van der Waals surface area (Å²) in [4.78, 5) is 2.40. The Kier molecular flexibility index (Phi) is 2.80. The van der Waals surface area contributed by atoms with E-state index >= 15 is 0 Å². The van der Waals surface area contributed by atoms with Crippen molar-refractivity contribution in [3.05, 3.63) is 29.3 Å². The Hall–Kier alpha value is -1.02. The van der Waals surface area contributed by atoms with Crippen molar-refractivity contribution in [3.63, 3.8) is 0 Å². The molecule has 0 amide bonds. The number of nitrogens with zero attached hydrogens (tertiary/aromatic N) is 1. The minimum absolute atomic E-state index is 0.837. The molecule has 102 valence electrons. The van der Waals surface area contributed by atoms with Crippen molar-refractivity contribution in [1.29, 1.82) is 0 Å². The van der Waals surface area contributed by atoms with Gasteiger partial charge in [0.05, 0.1) is 0 Å². The average molecular weight is 256 g/mol. The van der Waals surface area contributed by atoms with E-state index in [2.05, 4.69) is 35.5 Å². The molecule has 2 fully saturated rings. The van der Waals surface area contributed by atoms with E-state index in [4.69, 9.17) is 0 Å². The maximum atomic E-state index is 3.68. The van der Waals surface area contributed by atoms with Crippen LogP contribution in [0.15, 0.2) is 18.2 Å². The summed E-state index contributed by atoms with van der Waals surface area (Å²) in [5, 5.41) is 3.68. The van der Waals surface area contributed by atoms with Crippen LogP contribution in [0.5, 0.6) is 0 Å². The molecule has 1 aromatic carbocycles. The SMILES string of the molecule is CN1CCCc2cc(C3CC3CNC3CC3)ccc21. The fourth-order valence-corrected chi connectivity index (χ4v) is 3.52. The number of rotatable bonds is 4. The summed E-state index contributed by atoms with van der Waals surface area (Å²) in [6.07, 6.45) is 6.79. The topological polar surface area (TPSA) is 15.3 Å². The van der Waals surface area contributed by atoms with Gasteiger partial charge in [0, 0.05) is 25.3 Å². The van der Waals surface area contributed by atoms with Gasteiger partial charge < -0.3 is 10.2 Å². The molecule has 0 spiro atoms. The molecule has 1 N–H and O–H groups in total. The van der Waals surface area contributed by atoms with Crippen LogP contribution in [-0.4, -0.2) is 26.2 Å². The van der Waals surface area contributed by atoms with Gasteiger partial charge in [-0.2, -0.15) is 0 Å². The summed E-state index contributed by atoms with van der Waals surface area (Å²) in [5.74, 6) is 1.74. The van der Waals surface area contributed by atoms with Gasteiger partial charge in [0.2, 0.25) is 0 Å². The lowest BCUT2D eigenvalue weighted by Gasteiger charge is -2.27. The summed E-state index contributed by atoms with van der Waals surface area (Å²) in [6, 6.07) is 8.08.